The van der Waals surface area contributed by atoms with E-state index >= 15 is 0 Å². The van der Waals surface area contributed by atoms with Crippen molar-refractivity contribution < 1.29 is 18.3 Å². The smallest absolute Gasteiger partial charge is 0.387 e. The van der Waals surface area contributed by atoms with E-state index in [0.29, 0.717) is 0 Å². The van der Waals surface area contributed by atoms with Gasteiger partial charge in [0.05, 0.1) is 4.88 Å². The van der Waals surface area contributed by atoms with Crippen molar-refractivity contribution >= 4 is 17.2 Å². The molecule has 0 fully saturated rings. The first kappa shape index (κ1) is 15.9. The van der Waals surface area contributed by atoms with Crippen molar-refractivity contribution in [1.82, 2.24) is 5.32 Å². The number of nitrogens with one attached hydrogen (secondary N) is 1. The number of hydrogen-bond donors (Lipinski definition) is 1. The summed E-state index contributed by atoms with van der Waals surface area (Å²) in [6, 6.07) is 8.34. The zero-order valence-corrected chi connectivity index (χ0v) is 13.3. The number of aryl methyl sites for hydroxylation is 2. The number of carbonyl (C=O) groups excluding carboxylic acids is 1. The highest BCUT2D eigenvalue weighted by Crippen LogP contribution is 2.29. The van der Waals surface area contributed by atoms with Crippen LogP contribution >= 0.6 is 11.3 Å². The average Bonchev–Trinajstić information content (AvgIpc) is 2.96. The van der Waals surface area contributed by atoms with Crippen LogP contribution in [-0.2, 0) is 19.4 Å². The Labute approximate surface area is 137 Å². The highest BCUT2D eigenvalue weighted by Gasteiger charge is 2.17. The molecule has 0 atom stereocenters. The number of ether oxygens (including phenoxy) is 1. The minimum Gasteiger partial charge on any atom is -0.435 e. The van der Waals surface area contributed by atoms with Gasteiger partial charge in [-0.25, -0.2) is 0 Å². The van der Waals surface area contributed by atoms with E-state index in [9.17, 15) is 13.6 Å². The Hall–Kier alpha value is -1.95. The molecule has 3 rings (SSSR count). The van der Waals surface area contributed by atoms with Gasteiger partial charge in [0.1, 0.15) is 5.75 Å². The summed E-state index contributed by atoms with van der Waals surface area (Å²) in [5, 5.41) is 2.83. The summed E-state index contributed by atoms with van der Waals surface area (Å²) in [6.07, 6.45) is 4.47. The van der Waals surface area contributed by atoms with E-state index < -0.39 is 6.61 Å². The van der Waals surface area contributed by atoms with Gasteiger partial charge in [-0.1, -0.05) is 12.1 Å². The first-order valence-corrected chi connectivity index (χ1v) is 8.37. The van der Waals surface area contributed by atoms with E-state index in [1.807, 2.05) is 6.07 Å². The molecule has 2 aromatic rings. The van der Waals surface area contributed by atoms with Crippen LogP contribution in [0, 0.1) is 0 Å². The maximum absolute atomic E-state index is 12.2. The fourth-order valence-electron chi connectivity index (χ4n) is 2.70. The molecular weight excluding hydrogens is 320 g/mol. The van der Waals surface area contributed by atoms with Crippen LogP contribution in [0.4, 0.5) is 8.78 Å². The monoisotopic (exact) mass is 337 g/mol. The third-order valence-electron chi connectivity index (χ3n) is 3.80. The standard InChI is InChI=1S/C17H17F2NO2S/c18-17(19)22-13-6-3-4-11(8-13)10-20-16(21)15-9-12-5-1-2-7-14(12)23-15/h3-4,6,8-9,17H,1-2,5,7,10H2,(H,20,21). The van der Waals surface area contributed by atoms with Crippen molar-refractivity contribution in [2.45, 2.75) is 38.8 Å². The predicted molar refractivity (Wildman–Crippen MR) is 85.2 cm³/mol. The summed E-state index contributed by atoms with van der Waals surface area (Å²) in [5.74, 6) is -0.0251. The maximum Gasteiger partial charge on any atom is 0.387 e. The molecule has 0 saturated heterocycles. The lowest BCUT2D eigenvalue weighted by Gasteiger charge is -2.08. The molecule has 0 bridgehead atoms. The molecule has 0 spiro atoms. The summed E-state index contributed by atoms with van der Waals surface area (Å²) in [6.45, 7) is -2.57. The van der Waals surface area contributed by atoms with Gasteiger partial charge in [-0.3, -0.25) is 4.79 Å². The van der Waals surface area contributed by atoms with Crippen LogP contribution in [0.2, 0.25) is 0 Å². The number of rotatable bonds is 5. The SMILES string of the molecule is O=C(NCc1cccc(OC(F)F)c1)c1cc2c(s1)CCCC2. The topological polar surface area (TPSA) is 38.3 Å². The van der Waals surface area contributed by atoms with Gasteiger partial charge < -0.3 is 10.1 Å². The van der Waals surface area contributed by atoms with Crippen LogP contribution in [0.1, 0.15) is 38.5 Å². The van der Waals surface area contributed by atoms with Crippen LogP contribution in [0.25, 0.3) is 0 Å². The van der Waals surface area contributed by atoms with Crippen molar-refractivity contribution in [3.8, 4) is 5.75 Å². The van der Waals surface area contributed by atoms with Crippen molar-refractivity contribution in [1.29, 1.82) is 0 Å². The third kappa shape index (κ3) is 4.07. The third-order valence-corrected chi connectivity index (χ3v) is 5.03. The molecule has 6 heteroatoms. The molecule has 0 aliphatic heterocycles. The second-order valence-electron chi connectivity index (χ2n) is 5.47. The number of fused-ring (bicyclic) bond motifs is 1. The first-order valence-electron chi connectivity index (χ1n) is 7.55. The van der Waals surface area contributed by atoms with Crippen molar-refractivity contribution in [2.75, 3.05) is 0 Å². The lowest BCUT2D eigenvalue weighted by Crippen LogP contribution is -2.21. The van der Waals surface area contributed by atoms with E-state index in [4.69, 9.17) is 0 Å². The fourth-order valence-corrected chi connectivity index (χ4v) is 3.87. The number of carbonyl (C=O) groups is 1. The number of amides is 1. The second-order valence-corrected chi connectivity index (χ2v) is 6.61. The second kappa shape index (κ2) is 7.08. The Morgan fingerprint density at radius 1 is 1.26 bits per heavy atom. The van der Waals surface area contributed by atoms with Crippen molar-refractivity contribution in [3.05, 3.63) is 51.2 Å². The largest absolute Gasteiger partial charge is 0.435 e. The van der Waals surface area contributed by atoms with Gasteiger partial charge in [0.25, 0.3) is 5.91 Å². The first-order chi connectivity index (χ1) is 11.1. The van der Waals surface area contributed by atoms with Gasteiger partial charge in [-0.05, 0) is 55.0 Å². The van der Waals surface area contributed by atoms with Crippen LogP contribution in [-0.4, -0.2) is 12.5 Å². The molecule has 1 N–H and O–H groups in total. The number of hydrogen-bond acceptors (Lipinski definition) is 3. The summed E-state index contributed by atoms with van der Waals surface area (Å²) in [5.41, 5.74) is 2.01. The zero-order chi connectivity index (χ0) is 16.2. The Morgan fingerprint density at radius 3 is 2.87 bits per heavy atom. The fraction of sp³-hybridized carbons (Fsp3) is 0.353. The molecular formula is C17H17F2NO2S. The Balaban J connectivity index is 1.61. The molecule has 1 aromatic carbocycles. The Kier molecular flexibility index (Phi) is 4.91. The lowest BCUT2D eigenvalue weighted by molar-refractivity contribution is -0.0498. The van der Waals surface area contributed by atoms with Crippen LogP contribution in [0.15, 0.2) is 30.3 Å². The van der Waals surface area contributed by atoms with E-state index in [1.165, 1.54) is 35.4 Å². The summed E-state index contributed by atoms with van der Waals surface area (Å²) < 4.78 is 28.8. The van der Waals surface area contributed by atoms with Gasteiger partial charge >= 0.3 is 6.61 Å². The van der Waals surface area contributed by atoms with Crippen LogP contribution in [0.5, 0.6) is 5.75 Å². The van der Waals surface area contributed by atoms with Crippen molar-refractivity contribution in [2.24, 2.45) is 0 Å². The molecule has 0 unspecified atom stereocenters. The molecule has 1 aliphatic carbocycles. The average molecular weight is 337 g/mol. The highest BCUT2D eigenvalue weighted by molar-refractivity contribution is 7.14. The number of thiophene rings is 1. The van der Waals surface area contributed by atoms with E-state index in [1.54, 1.807) is 23.5 Å². The minimum atomic E-state index is -2.85. The van der Waals surface area contributed by atoms with Crippen LogP contribution < -0.4 is 10.1 Å². The quantitative estimate of drug-likeness (QED) is 0.890. The van der Waals surface area contributed by atoms with Crippen molar-refractivity contribution in [3.63, 3.8) is 0 Å². The Morgan fingerprint density at radius 2 is 2.09 bits per heavy atom. The highest BCUT2D eigenvalue weighted by atomic mass is 32.1. The molecule has 0 radical (unpaired) electrons. The number of benzene rings is 1. The summed E-state index contributed by atoms with van der Waals surface area (Å²) in [7, 11) is 0. The number of alkyl halides is 2. The van der Waals surface area contributed by atoms with E-state index in [2.05, 4.69) is 10.1 Å². The molecule has 1 aromatic heterocycles. The zero-order valence-electron chi connectivity index (χ0n) is 12.5. The molecule has 122 valence electrons. The van der Waals surface area contributed by atoms with E-state index in [-0.39, 0.29) is 18.2 Å². The van der Waals surface area contributed by atoms with Gasteiger partial charge in [0, 0.05) is 11.4 Å². The lowest BCUT2D eigenvalue weighted by atomic mass is 9.99. The minimum absolute atomic E-state index is 0.0957. The van der Waals surface area contributed by atoms with Gasteiger partial charge in [-0.2, -0.15) is 8.78 Å². The molecule has 0 saturated carbocycles. The molecule has 3 nitrogen and oxygen atoms in total. The van der Waals surface area contributed by atoms with Crippen LogP contribution in [0.3, 0.4) is 0 Å². The normalized spacial score (nSPS) is 13.7. The van der Waals surface area contributed by atoms with Gasteiger partial charge in [0.15, 0.2) is 0 Å². The molecule has 1 aliphatic rings. The summed E-state index contributed by atoms with van der Waals surface area (Å²) in [4.78, 5) is 14.3. The van der Waals surface area contributed by atoms with Gasteiger partial charge in [0.2, 0.25) is 0 Å². The molecule has 23 heavy (non-hydrogen) atoms. The Bertz CT molecular complexity index is 676. The van der Waals surface area contributed by atoms with Gasteiger partial charge in [-0.15, -0.1) is 11.3 Å². The number of halogens is 2. The summed E-state index contributed by atoms with van der Waals surface area (Å²) >= 11 is 1.55. The maximum atomic E-state index is 12.2. The van der Waals surface area contributed by atoms with E-state index in [0.717, 1.165) is 23.3 Å². The molecule has 1 amide bonds. The predicted octanol–water partition coefficient (Wildman–Crippen LogP) is 4.16. The molecule has 1 heterocycles.